The number of ether oxygens (including phenoxy) is 2. The number of rotatable bonds is 4. The van der Waals surface area contributed by atoms with E-state index in [-0.39, 0.29) is 0 Å². The molecule has 15 heavy (non-hydrogen) atoms. The Morgan fingerprint density at radius 2 is 2.20 bits per heavy atom. The lowest BCUT2D eigenvalue weighted by Gasteiger charge is -2.28. The van der Waals surface area contributed by atoms with Crippen LogP contribution in [0.5, 0.6) is 11.5 Å². The summed E-state index contributed by atoms with van der Waals surface area (Å²) in [7, 11) is 1.67. The van der Waals surface area contributed by atoms with Crippen LogP contribution in [0.15, 0.2) is 18.2 Å². The van der Waals surface area contributed by atoms with Gasteiger partial charge in [-0.25, -0.2) is 0 Å². The highest BCUT2D eigenvalue weighted by molar-refractivity contribution is 5.44. The summed E-state index contributed by atoms with van der Waals surface area (Å²) in [4.78, 5) is 0. The molecule has 3 nitrogen and oxygen atoms in total. The van der Waals surface area contributed by atoms with Crippen molar-refractivity contribution in [3.8, 4) is 11.5 Å². The van der Waals surface area contributed by atoms with Crippen molar-refractivity contribution in [3.63, 3.8) is 0 Å². The molecule has 1 aromatic rings. The van der Waals surface area contributed by atoms with Crippen LogP contribution in [0.4, 0.5) is 0 Å². The molecule has 0 radical (unpaired) electrons. The fourth-order valence-corrected chi connectivity index (χ4v) is 1.75. The van der Waals surface area contributed by atoms with Gasteiger partial charge in [-0.15, -0.1) is 0 Å². The van der Waals surface area contributed by atoms with Crippen molar-refractivity contribution < 1.29 is 9.47 Å². The highest BCUT2D eigenvalue weighted by Gasteiger charge is 2.19. The summed E-state index contributed by atoms with van der Waals surface area (Å²) in [5, 5.41) is 3.37. The smallest absolute Gasteiger partial charge is 0.161 e. The van der Waals surface area contributed by atoms with Gasteiger partial charge in [0.1, 0.15) is 0 Å². The maximum Gasteiger partial charge on any atom is 0.161 e. The summed E-state index contributed by atoms with van der Waals surface area (Å²) >= 11 is 0. The average Bonchev–Trinajstić information content (AvgIpc) is 2.16. The van der Waals surface area contributed by atoms with E-state index in [0.717, 1.165) is 18.0 Å². The van der Waals surface area contributed by atoms with Gasteiger partial charge in [0.15, 0.2) is 11.5 Å². The number of nitrogens with one attached hydrogen (secondary N) is 1. The third kappa shape index (κ3) is 2.07. The monoisotopic (exact) mass is 207 g/mol. The molecule has 1 fully saturated rings. The van der Waals surface area contributed by atoms with Gasteiger partial charge in [0.25, 0.3) is 0 Å². The Balaban J connectivity index is 2.22. The molecular weight excluding hydrogens is 190 g/mol. The number of methoxy groups -OCH3 is 1. The summed E-state index contributed by atoms with van der Waals surface area (Å²) in [6.45, 7) is 3.76. The second-order valence-corrected chi connectivity index (χ2v) is 3.64. The normalized spacial score (nSPS) is 19.5. The molecule has 0 aliphatic carbocycles. The zero-order valence-electron chi connectivity index (χ0n) is 9.25. The zero-order valence-corrected chi connectivity index (χ0v) is 9.25. The first-order valence-corrected chi connectivity index (χ1v) is 5.39. The minimum atomic E-state index is 0.495. The number of benzene rings is 1. The largest absolute Gasteiger partial charge is 0.493 e. The maximum atomic E-state index is 5.53. The molecule has 1 aromatic carbocycles. The van der Waals surface area contributed by atoms with Gasteiger partial charge in [-0.05, 0) is 37.6 Å². The van der Waals surface area contributed by atoms with E-state index in [4.69, 9.17) is 9.47 Å². The van der Waals surface area contributed by atoms with Gasteiger partial charge in [-0.3, -0.25) is 0 Å². The molecule has 1 aliphatic heterocycles. The van der Waals surface area contributed by atoms with E-state index >= 15 is 0 Å². The highest BCUT2D eigenvalue weighted by atomic mass is 16.5. The van der Waals surface area contributed by atoms with Crippen molar-refractivity contribution >= 4 is 0 Å². The van der Waals surface area contributed by atoms with Crippen LogP contribution >= 0.6 is 0 Å². The van der Waals surface area contributed by atoms with Crippen molar-refractivity contribution in [3.05, 3.63) is 23.8 Å². The molecule has 1 heterocycles. The SMILES string of the molecule is CCOc1cc(C2CCN2)ccc1OC. The van der Waals surface area contributed by atoms with Crippen molar-refractivity contribution in [2.45, 2.75) is 19.4 Å². The molecule has 1 saturated heterocycles. The average molecular weight is 207 g/mol. The molecule has 2 rings (SSSR count). The Morgan fingerprint density at radius 1 is 1.40 bits per heavy atom. The van der Waals surface area contributed by atoms with Crippen LogP contribution < -0.4 is 14.8 Å². The minimum absolute atomic E-state index is 0.495. The van der Waals surface area contributed by atoms with Crippen molar-refractivity contribution in [1.29, 1.82) is 0 Å². The van der Waals surface area contributed by atoms with E-state index < -0.39 is 0 Å². The maximum absolute atomic E-state index is 5.53. The Kier molecular flexibility index (Phi) is 3.11. The Labute approximate surface area is 90.4 Å². The molecular formula is C12H17NO2. The summed E-state index contributed by atoms with van der Waals surface area (Å²) < 4.78 is 10.8. The van der Waals surface area contributed by atoms with Crippen LogP contribution in [0.2, 0.25) is 0 Å². The predicted molar refractivity (Wildman–Crippen MR) is 59.5 cm³/mol. The lowest BCUT2D eigenvalue weighted by Crippen LogP contribution is -2.34. The molecule has 0 amide bonds. The van der Waals surface area contributed by atoms with E-state index in [1.807, 2.05) is 13.0 Å². The second kappa shape index (κ2) is 4.53. The first-order chi connectivity index (χ1) is 7.35. The molecule has 1 N–H and O–H groups in total. The molecule has 1 unspecified atom stereocenters. The van der Waals surface area contributed by atoms with Crippen LogP contribution in [0.25, 0.3) is 0 Å². The first-order valence-electron chi connectivity index (χ1n) is 5.39. The molecule has 1 aliphatic rings. The van der Waals surface area contributed by atoms with Crippen LogP contribution in [-0.2, 0) is 0 Å². The summed E-state index contributed by atoms with van der Waals surface area (Å²) in [6, 6.07) is 6.63. The van der Waals surface area contributed by atoms with Gasteiger partial charge in [0, 0.05) is 6.04 Å². The number of hydrogen-bond donors (Lipinski definition) is 1. The predicted octanol–water partition coefficient (Wildman–Crippen LogP) is 2.13. The Hall–Kier alpha value is -1.22. The van der Waals surface area contributed by atoms with E-state index in [1.165, 1.54) is 12.0 Å². The van der Waals surface area contributed by atoms with Crippen molar-refractivity contribution in [1.82, 2.24) is 5.32 Å². The standard InChI is InChI=1S/C12H17NO2/c1-3-15-12-8-9(10-6-7-13-10)4-5-11(12)14-2/h4-5,8,10,13H,3,6-7H2,1-2H3. The van der Waals surface area contributed by atoms with Crippen LogP contribution in [0, 0.1) is 0 Å². The molecule has 3 heteroatoms. The summed E-state index contributed by atoms with van der Waals surface area (Å²) in [5.41, 5.74) is 1.28. The van der Waals surface area contributed by atoms with Crippen LogP contribution in [0.1, 0.15) is 24.9 Å². The van der Waals surface area contributed by atoms with Gasteiger partial charge in [0.2, 0.25) is 0 Å². The van der Waals surface area contributed by atoms with Crippen LogP contribution in [-0.4, -0.2) is 20.3 Å². The van der Waals surface area contributed by atoms with Crippen LogP contribution in [0.3, 0.4) is 0 Å². The lowest BCUT2D eigenvalue weighted by molar-refractivity contribution is 0.308. The van der Waals surface area contributed by atoms with Gasteiger partial charge in [0.05, 0.1) is 13.7 Å². The number of hydrogen-bond acceptors (Lipinski definition) is 3. The third-order valence-electron chi connectivity index (χ3n) is 2.71. The minimum Gasteiger partial charge on any atom is -0.493 e. The quantitative estimate of drug-likeness (QED) is 0.820. The molecule has 1 atom stereocenters. The zero-order chi connectivity index (χ0) is 10.7. The fraction of sp³-hybridized carbons (Fsp3) is 0.500. The van der Waals surface area contributed by atoms with Gasteiger partial charge < -0.3 is 14.8 Å². The summed E-state index contributed by atoms with van der Waals surface area (Å²) in [6.07, 6.45) is 1.21. The first kappa shape index (κ1) is 10.3. The molecule has 0 aromatic heterocycles. The van der Waals surface area contributed by atoms with E-state index in [0.29, 0.717) is 12.6 Å². The van der Waals surface area contributed by atoms with Crippen molar-refractivity contribution in [2.75, 3.05) is 20.3 Å². The van der Waals surface area contributed by atoms with E-state index in [1.54, 1.807) is 7.11 Å². The van der Waals surface area contributed by atoms with Gasteiger partial charge in [-0.1, -0.05) is 6.07 Å². The molecule has 0 bridgehead atoms. The molecule has 0 spiro atoms. The highest BCUT2D eigenvalue weighted by Crippen LogP contribution is 2.32. The van der Waals surface area contributed by atoms with Gasteiger partial charge >= 0.3 is 0 Å². The van der Waals surface area contributed by atoms with E-state index in [9.17, 15) is 0 Å². The third-order valence-corrected chi connectivity index (χ3v) is 2.71. The second-order valence-electron chi connectivity index (χ2n) is 3.64. The van der Waals surface area contributed by atoms with Crippen molar-refractivity contribution in [2.24, 2.45) is 0 Å². The Morgan fingerprint density at radius 3 is 2.73 bits per heavy atom. The topological polar surface area (TPSA) is 30.5 Å². The van der Waals surface area contributed by atoms with Gasteiger partial charge in [-0.2, -0.15) is 0 Å². The Bertz CT molecular complexity index is 334. The molecule has 82 valence electrons. The molecule has 0 saturated carbocycles. The fourth-order valence-electron chi connectivity index (χ4n) is 1.75. The van der Waals surface area contributed by atoms with E-state index in [2.05, 4.69) is 17.4 Å². The summed E-state index contributed by atoms with van der Waals surface area (Å²) in [5.74, 6) is 1.64. The lowest BCUT2D eigenvalue weighted by atomic mass is 9.98.